The fourth-order valence-electron chi connectivity index (χ4n) is 1.56. The second kappa shape index (κ2) is 5.69. The molecule has 0 saturated carbocycles. The van der Waals surface area contributed by atoms with Crippen molar-refractivity contribution in [2.75, 3.05) is 0 Å². The van der Waals surface area contributed by atoms with Gasteiger partial charge in [-0.05, 0) is 30.3 Å². The quantitative estimate of drug-likeness (QED) is 0.915. The molecule has 0 heterocycles. The first kappa shape index (κ1) is 12.6. The Hall–Kier alpha value is -1.81. The third-order valence-electron chi connectivity index (χ3n) is 2.52. The molecule has 4 heteroatoms. The zero-order valence-corrected chi connectivity index (χ0v) is 11.1. The summed E-state index contributed by atoms with van der Waals surface area (Å²) in [5.74, 6) is 0.0153. The number of hydrogen-bond donors (Lipinski definition) is 2. The molecule has 0 aliphatic rings. The summed E-state index contributed by atoms with van der Waals surface area (Å²) in [6.45, 7) is 0.291. The largest absolute Gasteiger partial charge is 0.508 e. The van der Waals surface area contributed by atoms with Crippen LogP contribution < -0.4 is 5.32 Å². The number of amides is 1. The molecular formula is C14H12BrNO2. The lowest BCUT2D eigenvalue weighted by atomic mass is 10.2. The molecule has 0 radical (unpaired) electrons. The van der Waals surface area contributed by atoms with Crippen molar-refractivity contribution in [2.45, 2.75) is 6.54 Å². The summed E-state index contributed by atoms with van der Waals surface area (Å²) in [5.41, 5.74) is 1.28. The highest BCUT2D eigenvalue weighted by Gasteiger charge is 2.06. The van der Waals surface area contributed by atoms with Crippen molar-refractivity contribution in [3.8, 4) is 5.75 Å². The van der Waals surface area contributed by atoms with Gasteiger partial charge in [-0.2, -0.15) is 0 Å². The monoisotopic (exact) mass is 305 g/mol. The van der Waals surface area contributed by atoms with Crippen molar-refractivity contribution in [1.29, 1.82) is 0 Å². The van der Waals surface area contributed by atoms with Gasteiger partial charge in [0.1, 0.15) is 5.75 Å². The van der Waals surface area contributed by atoms with Crippen molar-refractivity contribution in [1.82, 2.24) is 5.32 Å². The lowest BCUT2D eigenvalue weighted by molar-refractivity contribution is 0.0951. The van der Waals surface area contributed by atoms with E-state index in [1.807, 2.05) is 18.2 Å². The van der Waals surface area contributed by atoms with E-state index < -0.39 is 0 Å². The van der Waals surface area contributed by atoms with Crippen LogP contribution >= 0.6 is 15.9 Å². The number of halogens is 1. The smallest absolute Gasteiger partial charge is 0.251 e. The SMILES string of the molecule is O=C(NCc1cc(Br)ccc1O)c1ccccc1. The molecule has 0 aromatic heterocycles. The molecule has 2 aromatic rings. The van der Waals surface area contributed by atoms with Gasteiger partial charge >= 0.3 is 0 Å². The molecule has 2 aromatic carbocycles. The summed E-state index contributed by atoms with van der Waals surface area (Å²) in [6.07, 6.45) is 0. The average Bonchev–Trinajstić information content (AvgIpc) is 2.40. The predicted octanol–water partition coefficient (Wildman–Crippen LogP) is 3.08. The van der Waals surface area contributed by atoms with Gasteiger partial charge in [0.15, 0.2) is 0 Å². The van der Waals surface area contributed by atoms with Gasteiger partial charge < -0.3 is 10.4 Å². The summed E-state index contributed by atoms with van der Waals surface area (Å²) in [5, 5.41) is 12.4. The number of carbonyl (C=O) groups is 1. The molecule has 0 atom stereocenters. The summed E-state index contributed by atoms with van der Waals surface area (Å²) in [4.78, 5) is 11.8. The van der Waals surface area contributed by atoms with Gasteiger partial charge in [-0.1, -0.05) is 34.1 Å². The van der Waals surface area contributed by atoms with E-state index in [0.29, 0.717) is 17.7 Å². The second-order valence-electron chi connectivity index (χ2n) is 3.82. The van der Waals surface area contributed by atoms with Crippen LogP contribution in [0.2, 0.25) is 0 Å². The summed E-state index contributed by atoms with van der Waals surface area (Å²) >= 11 is 3.32. The molecule has 0 saturated heterocycles. The number of phenols is 1. The minimum absolute atomic E-state index is 0.157. The number of carbonyl (C=O) groups excluding carboxylic acids is 1. The molecule has 2 rings (SSSR count). The number of hydrogen-bond acceptors (Lipinski definition) is 2. The van der Waals surface area contributed by atoms with Crippen LogP contribution in [-0.2, 0) is 6.54 Å². The molecule has 92 valence electrons. The van der Waals surface area contributed by atoms with Gasteiger partial charge in [0.2, 0.25) is 0 Å². The number of aromatic hydroxyl groups is 1. The highest BCUT2D eigenvalue weighted by Crippen LogP contribution is 2.21. The van der Waals surface area contributed by atoms with Gasteiger partial charge in [-0.15, -0.1) is 0 Å². The van der Waals surface area contributed by atoms with Crippen molar-refractivity contribution < 1.29 is 9.90 Å². The van der Waals surface area contributed by atoms with E-state index >= 15 is 0 Å². The van der Waals surface area contributed by atoms with Gasteiger partial charge in [-0.25, -0.2) is 0 Å². The van der Waals surface area contributed by atoms with E-state index in [4.69, 9.17) is 0 Å². The first-order valence-electron chi connectivity index (χ1n) is 5.47. The Kier molecular flexibility index (Phi) is 3.99. The Morgan fingerprint density at radius 3 is 2.61 bits per heavy atom. The van der Waals surface area contributed by atoms with Crippen molar-refractivity contribution in [2.24, 2.45) is 0 Å². The van der Waals surface area contributed by atoms with E-state index in [1.165, 1.54) is 0 Å². The molecule has 2 N–H and O–H groups in total. The van der Waals surface area contributed by atoms with Crippen LogP contribution in [0.25, 0.3) is 0 Å². The molecule has 0 bridgehead atoms. The lowest BCUT2D eigenvalue weighted by Crippen LogP contribution is -2.22. The zero-order valence-electron chi connectivity index (χ0n) is 9.56. The number of benzene rings is 2. The van der Waals surface area contributed by atoms with Crippen molar-refractivity contribution >= 4 is 21.8 Å². The first-order valence-corrected chi connectivity index (χ1v) is 6.27. The maximum atomic E-state index is 11.8. The topological polar surface area (TPSA) is 49.3 Å². The van der Waals surface area contributed by atoms with Crippen LogP contribution in [0.1, 0.15) is 15.9 Å². The number of rotatable bonds is 3. The van der Waals surface area contributed by atoms with E-state index in [-0.39, 0.29) is 11.7 Å². The molecule has 1 amide bonds. The molecule has 0 aliphatic carbocycles. The summed E-state index contributed by atoms with van der Waals surface area (Å²) < 4.78 is 0.865. The highest BCUT2D eigenvalue weighted by molar-refractivity contribution is 9.10. The van der Waals surface area contributed by atoms with Crippen molar-refractivity contribution in [3.63, 3.8) is 0 Å². The second-order valence-corrected chi connectivity index (χ2v) is 4.74. The molecule has 3 nitrogen and oxygen atoms in total. The molecular weight excluding hydrogens is 294 g/mol. The van der Waals surface area contributed by atoms with E-state index in [9.17, 15) is 9.90 Å². The van der Waals surface area contributed by atoms with E-state index in [1.54, 1.807) is 30.3 Å². The third-order valence-corrected chi connectivity index (χ3v) is 3.01. The molecule has 0 fully saturated rings. The third kappa shape index (κ3) is 3.11. The Labute approximate surface area is 114 Å². The molecule has 18 heavy (non-hydrogen) atoms. The van der Waals surface area contributed by atoms with Crippen LogP contribution in [-0.4, -0.2) is 11.0 Å². The molecule has 0 unspecified atom stereocenters. The van der Waals surface area contributed by atoms with Crippen LogP contribution in [0.4, 0.5) is 0 Å². The fourth-order valence-corrected chi connectivity index (χ4v) is 1.97. The number of phenolic OH excluding ortho intramolecular Hbond substituents is 1. The van der Waals surface area contributed by atoms with E-state index in [0.717, 1.165) is 4.47 Å². The Balaban J connectivity index is 2.04. The molecule has 0 spiro atoms. The Morgan fingerprint density at radius 2 is 1.89 bits per heavy atom. The minimum atomic E-state index is -0.157. The van der Waals surface area contributed by atoms with Crippen LogP contribution in [0.3, 0.4) is 0 Å². The first-order chi connectivity index (χ1) is 8.66. The lowest BCUT2D eigenvalue weighted by Gasteiger charge is -2.07. The Bertz CT molecular complexity index is 555. The van der Waals surface area contributed by atoms with Gasteiger partial charge in [0, 0.05) is 22.1 Å². The normalized spacial score (nSPS) is 10.1. The van der Waals surface area contributed by atoms with Crippen LogP contribution in [0.15, 0.2) is 53.0 Å². The Morgan fingerprint density at radius 1 is 1.17 bits per heavy atom. The highest BCUT2D eigenvalue weighted by atomic mass is 79.9. The minimum Gasteiger partial charge on any atom is -0.508 e. The average molecular weight is 306 g/mol. The van der Waals surface area contributed by atoms with Gasteiger partial charge in [0.05, 0.1) is 0 Å². The maximum absolute atomic E-state index is 11.8. The van der Waals surface area contributed by atoms with Crippen molar-refractivity contribution in [3.05, 3.63) is 64.1 Å². The fraction of sp³-hybridized carbons (Fsp3) is 0.0714. The number of nitrogens with one attached hydrogen (secondary N) is 1. The van der Waals surface area contributed by atoms with Gasteiger partial charge in [0.25, 0.3) is 5.91 Å². The van der Waals surface area contributed by atoms with E-state index in [2.05, 4.69) is 21.2 Å². The zero-order chi connectivity index (χ0) is 13.0. The predicted molar refractivity (Wildman–Crippen MR) is 73.4 cm³/mol. The van der Waals surface area contributed by atoms with Gasteiger partial charge in [-0.3, -0.25) is 4.79 Å². The maximum Gasteiger partial charge on any atom is 0.251 e. The molecule has 0 aliphatic heterocycles. The summed E-state index contributed by atoms with van der Waals surface area (Å²) in [7, 11) is 0. The van der Waals surface area contributed by atoms with Crippen LogP contribution in [0, 0.1) is 0 Å². The standard InChI is InChI=1S/C14H12BrNO2/c15-12-6-7-13(17)11(8-12)9-16-14(18)10-4-2-1-3-5-10/h1-8,17H,9H2,(H,16,18). The summed E-state index contributed by atoms with van der Waals surface area (Å²) in [6, 6.07) is 14.1. The van der Waals surface area contributed by atoms with Crippen LogP contribution in [0.5, 0.6) is 5.75 Å².